The van der Waals surface area contributed by atoms with Crippen LogP contribution in [0.15, 0.2) is 24.4 Å². The third kappa shape index (κ3) is 4.61. The Morgan fingerprint density at radius 2 is 1.88 bits per heavy atom. The average molecular weight is 559 g/mol. The molecule has 1 aromatic heterocycles. The van der Waals surface area contributed by atoms with Gasteiger partial charge in [-0.3, -0.25) is 14.4 Å². The van der Waals surface area contributed by atoms with Crippen LogP contribution in [-0.2, 0) is 13.1 Å². The Hall–Kier alpha value is -1.82. The minimum absolute atomic E-state index is 0.100. The van der Waals surface area contributed by atoms with Crippen molar-refractivity contribution >= 4 is 39.9 Å². The maximum absolute atomic E-state index is 13.3. The predicted octanol–water partition coefficient (Wildman–Crippen LogP) is 4.50. The van der Waals surface area contributed by atoms with Gasteiger partial charge in [0, 0.05) is 29.7 Å². The van der Waals surface area contributed by atoms with Crippen molar-refractivity contribution in [2.24, 2.45) is 5.41 Å². The van der Waals surface area contributed by atoms with Gasteiger partial charge < -0.3 is 10.2 Å². The van der Waals surface area contributed by atoms with Crippen LogP contribution in [0.1, 0.15) is 41.7 Å². The summed E-state index contributed by atoms with van der Waals surface area (Å²) in [5, 5.41) is 7.18. The molecule has 0 radical (unpaired) electrons. The lowest BCUT2D eigenvalue weighted by atomic mass is 9.93. The first kappa shape index (κ1) is 22.0. The van der Waals surface area contributed by atoms with E-state index in [2.05, 4.69) is 37.9 Å². The van der Waals surface area contributed by atoms with Crippen LogP contribution in [0, 0.1) is 8.99 Å². The first-order valence-electron chi connectivity index (χ1n) is 10.9. The second kappa shape index (κ2) is 8.19. The Kier molecular flexibility index (Phi) is 5.63. The van der Waals surface area contributed by atoms with E-state index in [1.54, 1.807) is 4.68 Å². The molecular formula is C22H25F3IN5O. The lowest BCUT2D eigenvalue weighted by Gasteiger charge is -2.35. The summed E-state index contributed by atoms with van der Waals surface area (Å²) < 4.78 is 41.3. The molecule has 6 nitrogen and oxygen atoms in total. The molecule has 1 spiro atoms. The second-order valence-electron chi connectivity index (χ2n) is 9.16. The third-order valence-corrected chi connectivity index (χ3v) is 7.60. The number of rotatable bonds is 4. The van der Waals surface area contributed by atoms with E-state index in [0.29, 0.717) is 28.9 Å². The van der Waals surface area contributed by atoms with Crippen molar-refractivity contribution in [1.82, 2.24) is 14.7 Å². The van der Waals surface area contributed by atoms with Gasteiger partial charge in [0.05, 0.1) is 41.9 Å². The minimum Gasteiger partial charge on any atom is -0.371 e. The molecule has 3 aliphatic rings. The number of piperidine rings is 1. The van der Waals surface area contributed by atoms with E-state index in [9.17, 15) is 18.0 Å². The largest absolute Gasteiger partial charge is 0.401 e. The molecule has 3 heterocycles. The van der Waals surface area contributed by atoms with Crippen LogP contribution in [0.25, 0.3) is 0 Å². The van der Waals surface area contributed by atoms with Gasteiger partial charge in [0.15, 0.2) is 0 Å². The van der Waals surface area contributed by atoms with Crippen LogP contribution >= 0.6 is 22.6 Å². The van der Waals surface area contributed by atoms with Crippen molar-refractivity contribution in [3.8, 4) is 0 Å². The van der Waals surface area contributed by atoms with Crippen LogP contribution in [0.3, 0.4) is 0 Å². The fraction of sp³-hybridized carbons (Fsp3) is 0.545. The van der Waals surface area contributed by atoms with Crippen LogP contribution in [0.2, 0.25) is 0 Å². The van der Waals surface area contributed by atoms with E-state index in [1.807, 2.05) is 18.2 Å². The monoisotopic (exact) mass is 559 g/mol. The summed E-state index contributed by atoms with van der Waals surface area (Å²) in [5.74, 6) is -0.258. The molecule has 2 aromatic rings. The normalized spacial score (nSPS) is 20.3. The zero-order chi connectivity index (χ0) is 22.5. The summed E-state index contributed by atoms with van der Waals surface area (Å²) >= 11 is 2.26. The SMILES string of the molecule is O=C(Nc1cnn2c1CN(CC(F)(F)F)CC2)c1ccc(I)cc1N1CCC2(CC1)CC2. The van der Waals surface area contributed by atoms with E-state index < -0.39 is 12.7 Å². The molecule has 5 rings (SSSR count). The van der Waals surface area contributed by atoms with E-state index in [4.69, 9.17) is 0 Å². The van der Waals surface area contributed by atoms with Gasteiger partial charge >= 0.3 is 6.18 Å². The predicted molar refractivity (Wildman–Crippen MR) is 124 cm³/mol. The van der Waals surface area contributed by atoms with Crippen molar-refractivity contribution in [2.75, 3.05) is 36.4 Å². The Morgan fingerprint density at radius 3 is 2.56 bits per heavy atom. The molecule has 1 amide bonds. The molecule has 0 atom stereocenters. The number of benzene rings is 1. The number of hydrogen-bond acceptors (Lipinski definition) is 4. The highest BCUT2D eigenvalue weighted by Gasteiger charge is 2.44. The first-order chi connectivity index (χ1) is 15.2. The highest BCUT2D eigenvalue weighted by atomic mass is 127. The van der Waals surface area contributed by atoms with Gasteiger partial charge in [-0.1, -0.05) is 0 Å². The summed E-state index contributed by atoms with van der Waals surface area (Å²) in [6.45, 7) is 1.66. The van der Waals surface area contributed by atoms with Gasteiger partial charge in [0.25, 0.3) is 5.91 Å². The lowest BCUT2D eigenvalue weighted by Crippen LogP contribution is -2.40. The molecule has 0 bridgehead atoms. The Morgan fingerprint density at radius 1 is 1.12 bits per heavy atom. The minimum atomic E-state index is -4.25. The van der Waals surface area contributed by atoms with Gasteiger partial charge in [0.1, 0.15) is 0 Å². The average Bonchev–Trinajstić information content (AvgIpc) is 3.38. The standard InChI is InChI=1S/C22H25F3IN5O/c23-22(24,25)14-29-9-10-31-19(13-29)17(12-27-31)28-20(32)16-2-1-15(26)11-18(16)30-7-5-21(3-4-21)6-8-30/h1-2,11-12H,3-10,13-14H2,(H,28,32). The smallest absolute Gasteiger partial charge is 0.371 e. The number of nitrogens with one attached hydrogen (secondary N) is 1. The number of nitrogens with zero attached hydrogens (tertiary/aromatic N) is 4. The molecule has 32 heavy (non-hydrogen) atoms. The molecule has 0 unspecified atom stereocenters. The number of carbonyl (C=O) groups excluding carboxylic acids is 1. The molecular weight excluding hydrogens is 534 g/mol. The summed E-state index contributed by atoms with van der Waals surface area (Å²) in [7, 11) is 0. The second-order valence-corrected chi connectivity index (χ2v) is 10.4. The summed E-state index contributed by atoms with van der Waals surface area (Å²) in [5.41, 5.74) is 3.13. The molecule has 1 saturated heterocycles. The summed E-state index contributed by atoms with van der Waals surface area (Å²) in [6.07, 6.45) is 2.23. The number of fused-ring (bicyclic) bond motifs is 1. The summed E-state index contributed by atoms with van der Waals surface area (Å²) in [6, 6.07) is 5.78. The Bertz CT molecular complexity index is 1020. The molecule has 1 aliphatic carbocycles. The highest BCUT2D eigenvalue weighted by Crippen LogP contribution is 2.54. The van der Waals surface area contributed by atoms with Crippen LogP contribution in [-0.4, -0.2) is 52.9 Å². The number of aromatic nitrogens is 2. The first-order valence-corrected chi connectivity index (χ1v) is 12.0. The fourth-order valence-corrected chi connectivity index (χ4v) is 5.31. The highest BCUT2D eigenvalue weighted by molar-refractivity contribution is 14.1. The van der Waals surface area contributed by atoms with Crippen molar-refractivity contribution in [2.45, 2.75) is 44.9 Å². The summed E-state index contributed by atoms with van der Waals surface area (Å²) in [4.78, 5) is 16.9. The van der Waals surface area contributed by atoms with Gasteiger partial charge in [-0.05, 0) is 71.9 Å². The van der Waals surface area contributed by atoms with E-state index in [-0.39, 0.29) is 19.0 Å². The zero-order valence-electron chi connectivity index (χ0n) is 17.6. The quantitative estimate of drug-likeness (QED) is 0.561. The molecule has 2 aliphatic heterocycles. The Labute approximate surface area is 198 Å². The van der Waals surface area contributed by atoms with Crippen LogP contribution in [0.5, 0.6) is 0 Å². The van der Waals surface area contributed by atoms with Crippen molar-refractivity contribution in [1.29, 1.82) is 0 Å². The molecule has 172 valence electrons. The van der Waals surface area contributed by atoms with Crippen molar-refractivity contribution in [3.05, 3.63) is 39.2 Å². The lowest BCUT2D eigenvalue weighted by molar-refractivity contribution is -0.148. The van der Waals surface area contributed by atoms with Gasteiger partial charge in [0.2, 0.25) is 0 Å². The van der Waals surface area contributed by atoms with Gasteiger partial charge in [-0.25, -0.2) is 0 Å². The zero-order valence-corrected chi connectivity index (χ0v) is 19.7. The molecule has 1 N–H and O–H groups in total. The van der Waals surface area contributed by atoms with E-state index in [0.717, 1.165) is 35.2 Å². The topological polar surface area (TPSA) is 53.4 Å². The van der Waals surface area contributed by atoms with E-state index >= 15 is 0 Å². The number of anilines is 2. The van der Waals surface area contributed by atoms with Crippen LogP contribution < -0.4 is 10.2 Å². The van der Waals surface area contributed by atoms with E-state index in [1.165, 1.54) is 23.9 Å². The maximum atomic E-state index is 13.3. The molecule has 10 heteroatoms. The number of carbonyl (C=O) groups is 1. The van der Waals surface area contributed by atoms with Gasteiger partial charge in [-0.15, -0.1) is 0 Å². The number of alkyl halides is 3. The maximum Gasteiger partial charge on any atom is 0.401 e. The van der Waals surface area contributed by atoms with Crippen molar-refractivity contribution in [3.63, 3.8) is 0 Å². The number of hydrogen-bond donors (Lipinski definition) is 1. The number of halogens is 4. The fourth-order valence-electron chi connectivity index (χ4n) is 4.84. The molecule has 2 fully saturated rings. The number of amides is 1. The molecule has 1 saturated carbocycles. The van der Waals surface area contributed by atoms with Crippen LogP contribution in [0.4, 0.5) is 24.5 Å². The molecule has 1 aromatic carbocycles. The Balaban J connectivity index is 1.34. The van der Waals surface area contributed by atoms with Crippen molar-refractivity contribution < 1.29 is 18.0 Å². The van der Waals surface area contributed by atoms with Gasteiger partial charge in [-0.2, -0.15) is 18.3 Å². The third-order valence-electron chi connectivity index (χ3n) is 6.93.